The van der Waals surface area contributed by atoms with Gasteiger partial charge in [0.25, 0.3) is 0 Å². The van der Waals surface area contributed by atoms with Gasteiger partial charge in [0.1, 0.15) is 0 Å². The van der Waals surface area contributed by atoms with Gasteiger partial charge in [-0.1, -0.05) is 12.1 Å². The number of nitrogens with one attached hydrogen (secondary N) is 1. The van der Waals surface area contributed by atoms with E-state index in [0.717, 1.165) is 11.6 Å². The van der Waals surface area contributed by atoms with Gasteiger partial charge in [0.2, 0.25) is 0 Å². The van der Waals surface area contributed by atoms with Crippen molar-refractivity contribution in [2.45, 2.75) is 18.9 Å². The summed E-state index contributed by atoms with van der Waals surface area (Å²) in [4.78, 5) is 2.41. The molecule has 3 N–H and O–H groups in total. The smallest absolute Gasteiger partial charge is 0.0347 e. The molecule has 1 fully saturated rings. The molecule has 1 aromatic carbocycles. The Hall–Kier alpha value is -1.06. The molecule has 1 aromatic rings. The lowest BCUT2D eigenvalue weighted by Gasteiger charge is -2.34. The number of hydrogen-bond donors (Lipinski definition) is 2. The van der Waals surface area contributed by atoms with E-state index in [1.807, 2.05) is 12.1 Å². The summed E-state index contributed by atoms with van der Waals surface area (Å²) in [6.07, 6.45) is 2.54. The summed E-state index contributed by atoms with van der Waals surface area (Å²) >= 11 is 0. The van der Waals surface area contributed by atoms with E-state index in [1.165, 1.54) is 31.5 Å². The molecule has 1 saturated heterocycles. The summed E-state index contributed by atoms with van der Waals surface area (Å²) < 4.78 is 0. The SMILES string of the molecule is CNC(c1ccc(N)cc1)C1CCN(C)CC1. The number of benzene rings is 1. The maximum absolute atomic E-state index is 5.74. The normalized spacial score (nSPS) is 20.4. The molecular formula is C14H23N3. The van der Waals surface area contributed by atoms with Crippen LogP contribution in [0.5, 0.6) is 0 Å². The highest BCUT2D eigenvalue weighted by molar-refractivity contribution is 5.40. The minimum Gasteiger partial charge on any atom is -0.399 e. The summed E-state index contributed by atoms with van der Waals surface area (Å²) in [7, 11) is 4.26. The highest BCUT2D eigenvalue weighted by Gasteiger charge is 2.25. The predicted octanol–water partition coefficient (Wildman–Crippen LogP) is 1.87. The van der Waals surface area contributed by atoms with Crippen LogP contribution in [0, 0.1) is 5.92 Å². The van der Waals surface area contributed by atoms with Gasteiger partial charge in [-0.15, -0.1) is 0 Å². The van der Waals surface area contributed by atoms with Crippen molar-refractivity contribution < 1.29 is 0 Å². The van der Waals surface area contributed by atoms with Crippen molar-refractivity contribution >= 4 is 5.69 Å². The maximum atomic E-state index is 5.74. The first-order valence-electron chi connectivity index (χ1n) is 6.42. The Morgan fingerprint density at radius 3 is 2.35 bits per heavy atom. The Bertz CT molecular complexity index is 339. The van der Waals surface area contributed by atoms with Gasteiger partial charge in [-0.3, -0.25) is 0 Å². The minimum atomic E-state index is 0.462. The van der Waals surface area contributed by atoms with Crippen molar-refractivity contribution in [2.75, 3.05) is 32.9 Å². The van der Waals surface area contributed by atoms with Gasteiger partial charge in [0, 0.05) is 11.7 Å². The first kappa shape index (κ1) is 12.4. The molecule has 94 valence electrons. The lowest BCUT2D eigenvalue weighted by Crippen LogP contribution is -2.36. The quantitative estimate of drug-likeness (QED) is 0.783. The predicted molar refractivity (Wildman–Crippen MR) is 72.9 cm³/mol. The number of nitrogen functional groups attached to an aromatic ring is 1. The van der Waals surface area contributed by atoms with Gasteiger partial charge in [-0.2, -0.15) is 0 Å². The summed E-state index contributed by atoms with van der Waals surface area (Å²) in [5.41, 5.74) is 7.94. The molecule has 0 bridgehead atoms. The minimum absolute atomic E-state index is 0.462. The zero-order valence-electron chi connectivity index (χ0n) is 10.8. The largest absolute Gasteiger partial charge is 0.399 e. The molecule has 1 aliphatic heterocycles. The van der Waals surface area contributed by atoms with E-state index in [1.54, 1.807) is 0 Å². The first-order valence-corrected chi connectivity index (χ1v) is 6.42. The van der Waals surface area contributed by atoms with Gasteiger partial charge in [-0.25, -0.2) is 0 Å². The molecule has 1 heterocycles. The molecule has 0 radical (unpaired) electrons. The Kier molecular flexibility index (Phi) is 4.02. The number of piperidine rings is 1. The van der Waals surface area contributed by atoms with Crippen molar-refractivity contribution in [1.29, 1.82) is 0 Å². The van der Waals surface area contributed by atoms with E-state index in [2.05, 4.69) is 36.4 Å². The zero-order valence-corrected chi connectivity index (χ0v) is 10.8. The third kappa shape index (κ3) is 2.99. The second-order valence-corrected chi connectivity index (χ2v) is 5.07. The van der Waals surface area contributed by atoms with E-state index in [0.29, 0.717) is 6.04 Å². The van der Waals surface area contributed by atoms with E-state index < -0.39 is 0 Å². The molecule has 1 aliphatic rings. The lowest BCUT2D eigenvalue weighted by molar-refractivity contribution is 0.188. The number of rotatable bonds is 3. The lowest BCUT2D eigenvalue weighted by atomic mass is 9.85. The fraction of sp³-hybridized carbons (Fsp3) is 0.571. The molecule has 0 saturated carbocycles. The molecule has 1 unspecified atom stereocenters. The van der Waals surface area contributed by atoms with Crippen LogP contribution in [0.1, 0.15) is 24.4 Å². The van der Waals surface area contributed by atoms with Gasteiger partial charge >= 0.3 is 0 Å². The van der Waals surface area contributed by atoms with Crippen LogP contribution in [-0.4, -0.2) is 32.1 Å². The molecule has 0 amide bonds. The molecular weight excluding hydrogens is 210 g/mol. The molecule has 0 spiro atoms. The van der Waals surface area contributed by atoms with E-state index in [-0.39, 0.29) is 0 Å². The second kappa shape index (κ2) is 5.52. The van der Waals surface area contributed by atoms with Gasteiger partial charge < -0.3 is 16.0 Å². The van der Waals surface area contributed by atoms with Crippen LogP contribution >= 0.6 is 0 Å². The van der Waals surface area contributed by atoms with E-state index in [4.69, 9.17) is 5.73 Å². The van der Waals surface area contributed by atoms with Gasteiger partial charge in [-0.05, 0) is 63.6 Å². The Labute approximate surface area is 104 Å². The molecule has 17 heavy (non-hydrogen) atoms. The van der Waals surface area contributed by atoms with Gasteiger partial charge in [0.05, 0.1) is 0 Å². The Balaban J connectivity index is 2.08. The average molecular weight is 233 g/mol. The van der Waals surface area contributed by atoms with Crippen LogP contribution in [0.4, 0.5) is 5.69 Å². The third-order valence-electron chi connectivity index (χ3n) is 3.84. The standard InChI is InChI=1S/C14H23N3/c1-16-14(11-3-5-13(15)6-4-11)12-7-9-17(2)10-8-12/h3-6,12,14,16H,7-10,15H2,1-2H3. The van der Waals surface area contributed by atoms with Gasteiger partial charge in [0.15, 0.2) is 0 Å². The number of anilines is 1. The third-order valence-corrected chi connectivity index (χ3v) is 3.84. The number of likely N-dealkylation sites (tertiary alicyclic amines) is 1. The van der Waals surface area contributed by atoms with Crippen LogP contribution < -0.4 is 11.1 Å². The zero-order chi connectivity index (χ0) is 12.3. The molecule has 2 rings (SSSR count). The molecule has 3 heteroatoms. The summed E-state index contributed by atoms with van der Waals surface area (Å²) in [6.45, 7) is 2.41. The summed E-state index contributed by atoms with van der Waals surface area (Å²) in [6, 6.07) is 8.75. The van der Waals surface area contributed by atoms with Crippen molar-refractivity contribution in [3.05, 3.63) is 29.8 Å². The van der Waals surface area contributed by atoms with Crippen LogP contribution in [0.15, 0.2) is 24.3 Å². The van der Waals surface area contributed by atoms with E-state index >= 15 is 0 Å². The van der Waals surface area contributed by atoms with Crippen LogP contribution in [0.3, 0.4) is 0 Å². The van der Waals surface area contributed by atoms with Crippen LogP contribution in [-0.2, 0) is 0 Å². The van der Waals surface area contributed by atoms with Crippen LogP contribution in [0.25, 0.3) is 0 Å². The van der Waals surface area contributed by atoms with Crippen molar-refractivity contribution in [2.24, 2.45) is 5.92 Å². The fourth-order valence-electron chi connectivity index (χ4n) is 2.74. The molecule has 0 aliphatic carbocycles. The molecule has 3 nitrogen and oxygen atoms in total. The second-order valence-electron chi connectivity index (χ2n) is 5.07. The number of nitrogens with zero attached hydrogens (tertiary/aromatic N) is 1. The monoisotopic (exact) mass is 233 g/mol. The summed E-state index contributed by atoms with van der Waals surface area (Å²) in [5, 5.41) is 3.46. The first-order chi connectivity index (χ1) is 8.20. The number of hydrogen-bond acceptors (Lipinski definition) is 3. The fourth-order valence-corrected chi connectivity index (χ4v) is 2.74. The Morgan fingerprint density at radius 2 is 1.82 bits per heavy atom. The average Bonchev–Trinajstić information content (AvgIpc) is 2.35. The molecule has 1 atom stereocenters. The summed E-state index contributed by atoms with van der Waals surface area (Å²) in [5.74, 6) is 0.736. The highest BCUT2D eigenvalue weighted by atomic mass is 15.1. The van der Waals surface area contributed by atoms with Crippen molar-refractivity contribution in [1.82, 2.24) is 10.2 Å². The topological polar surface area (TPSA) is 41.3 Å². The highest BCUT2D eigenvalue weighted by Crippen LogP contribution is 2.30. The molecule has 0 aromatic heterocycles. The maximum Gasteiger partial charge on any atom is 0.0347 e. The Morgan fingerprint density at radius 1 is 1.24 bits per heavy atom. The number of nitrogens with two attached hydrogens (primary N) is 1. The van der Waals surface area contributed by atoms with Crippen LogP contribution in [0.2, 0.25) is 0 Å². The van der Waals surface area contributed by atoms with Crippen molar-refractivity contribution in [3.8, 4) is 0 Å². The van der Waals surface area contributed by atoms with Crippen molar-refractivity contribution in [3.63, 3.8) is 0 Å². The van der Waals surface area contributed by atoms with E-state index in [9.17, 15) is 0 Å².